The zero-order chi connectivity index (χ0) is 22.4. The molecule has 0 aliphatic carbocycles. The molecular formula is C21H26N4O5S. The van der Waals surface area contributed by atoms with Crippen molar-refractivity contribution in [1.29, 1.82) is 0 Å². The number of benzene rings is 2. The lowest BCUT2D eigenvalue weighted by molar-refractivity contribution is -0.122. The highest BCUT2D eigenvalue weighted by Gasteiger charge is 2.24. The summed E-state index contributed by atoms with van der Waals surface area (Å²) in [5.74, 6) is -0.687. The van der Waals surface area contributed by atoms with Gasteiger partial charge in [0.15, 0.2) is 0 Å². The highest BCUT2D eigenvalue weighted by molar-refractivity contribution is 7.89. The Morgan fingerprint density at radius 1 is 1.06 bits per heavy atom. The van der Waals surface area contributed by atoms with Crippen LogP contribution in [0.5, 0.6) is 0 Å². The number of hydrogen-bond acceptors (Lipinski definition) is 7. The molecule has 9 nitrogen and oxygen atoms in total. The smallest absolute Gasteiger partial charge is 0.340 e. The Balaban J connectivity index is 1.60. The van der Waals surface area contributed by atoms with Crippen LogP contribution >= 0.6 is 0 Å². The Bertz CT molecular complexity index is 1030. The molecule has 31 heavy (non-hydrogen) atoms. The summed E-state index contributed by atoms with van der Waals surface area (Å²) in [4.78, 5) is 28.3. The fourth-order valence-corrected chi connectivity index (χ4v) is 3.98. The molecule has 0 aromatic heterocycles. The van der Waals surface area contributed by atoms with E-state index in [1.165, 1.54) is 19.2 Å². The van der Waals surface area contributed by atoms with E-state index in [0.29, 0.717) is 38.4 Å². The lowest BCUT2D eigenvalue weighted by Crippen LogP contribution is -2.49. The molecule has 1 heterocycles. The number of nitrogens with zero attached hydrogens (tertiary/aromatic N) is 2. The first kappa shape index (κ1) is 22.7. The number of carbonyl (C=O) groups is 2. The fraction of sp³-hybridized carbons (Fsp3) is 0.333. The van der Waals surface area contributed by atoms with Gasteiger partial charge in [0, 0.05) is 32.7 Å². The van der Waals surface area contributed by atoms with Gasteiger partial charge in [0.25, 0.3) is 0 Å². The minimum atomic E-state index is -3.94. The van der Waals surface area contributed by atoms with Crippen LogP contribution in [0.2, 0.25) is 0 Å². The monoisotopic (exact) mass is 446 g/mol. The normalized spacial score (nSPS) is 14.8. The average molecular weight is 447 g/mol. The molecular weight excluding hydrogens is 420 g/mol. The van der Waals surface area contributed by atoms with E-state index in [4.69, 9.17) is 9.88 Å². The maximum absolute atomic E-state index is 12.3. The van der Waals surface area contributed by atoms with Gasteiger partial charge in [-0.3, -0.25) is 9.69 Å². The average Bonchev–Trinajstić information content (AvgIpc) is 2.77. The first-order chi connectivity index (χ1) is 14.8. The molecule has 2 aromatic rings. The number of ether oxygens (including phenoxy) is 1. The summed E-state index contributed by atoms with van der Waals surface area (Å²) in [6, 6.07) is 13.9. The molecule has 1 amide bonds. The van der Waals surface area contributed by atoms with Crippen LogP contribution in [0.1, 0.15) is 15.9 Å². The number of esters is 1. The van der Waals surface area contributed by atoms with Crippen molar-refractivity contribution >= 4 is 27.6 Å². The van der Waals surface area contributed by atoms with Gasteiger partial charge in [0.05, 0.1) is 29.8 Å². The maximum atomic E-state index is 12.3. The van der Waals surface area contributed by atoms with Crippen molar-refractivity contribution in [2.45, 2.75) is 11.4 Å². The number of sulfonamides is 1. The largest absolute Gasteiger partial charge is 0.465 e. The summed E-state index contributed by atoms with van der Waals surface area (Å²) >= 11 is 0. The van der Waals surface area contributed by atoms with Gasteiger partial charge in [-0.05, 0) is 23.8 Å². The van der Waals surface area contributed by atoms with Crippen LogP contribution < -0.4 is 15.4 Å². The van der Waals surface area contributed by atoms with E-state index >= 15 is 0 Å². The van der Waals surface area contributed by atoms with Gasteiger partial charge < -0.3 is 15.0 Å². The van der Waals surface area contributed by atoms with Crippen molar-refractivity contribution < 1.29 is 22.7 Å². The van der Waals surface area contributed by atoms with Crippen LogP contribution in [0.3, 0.4) is 0 Å². The Labute approximate surface area is 181 Å². The molecule has 0 unspecified atom stereocenters. The Hall–Kier alpha value is -2.95. The predicted molar refractivity (Wildman–Crippen MR) is 116 cm³/mol. The third-order valence-corrected chi connectivity index (χ3v) is 6.03. The Morgan fingerprint density at radius 3 is 2.35 bits per heavy atom. The highest BCUT2D eigenvalue weighted by Crippen LogP contribution is 2.25. The Kier molecular flexibility index (Phi) is 7.26. The van der Waals surface area contributed by atoms with Crippen LogP contribution in [0.25, 0.3) is 0 Å². The van der Waals surface area contributed by atoms with Crippen molar-refractivity contribution in [3.63, 3.8) is 0 Å². The van der Waals surface area contributed by atoms with E-state index < -0.39 is 16.0 Å². The van der Waals surface area contributed by atoms with E-state index in [0.717, 1.165) is 5.56 Å². The van der Waals surface area contributed by atoms with Gasteiger partial charge in [-0.25, -0.2) is 18.4 Å². The van der Waals surface area contributed by atoms with Crippen LogP contribution in [0.4, 0.5) is 5.69 Å². The molecule has 1 saturated heterocycles. The van der Waals surface area contributed by atoms with Crippen molar-refractivity contribution in [3.05, 3.63) is 59.7 Å². The van der Waals surface area contributed by atoms with Gasteiger partial charge in [0.2, 0.25) is 15.9 Å². The molecule has 0 bridgehead atoms. The summed E-state index contributed by atoms with van der Waals surface area (Å²) in [5, 5.41) is 8.10. The second-order valence-corrected chi connectivity index (χ2v) is 8.80. The van der Waals surface area contributed by atoms with E-state index in [-0.39, 0.29) is 22.9 Å². The number of hydrogen-bond donors (Lipinski definition) is 2. The van der Waals surface area contributed by atoms with Crippen molar-refractivity contribution in [1.82, 2.24) is 10.2 Å². The van der Waals surface area contributed by atoms with Crippen LogP contribution in [-0.4, -0.2) is 65.0 Å². The number of nitrogens with two attached hydrogens (primary N) is 1. The zero-order valence-corrected chi connectivity index (χ0v) is 18.1. The molecule has 166 valence electrons. The number of nitrogens with one attached hydrogen (secondary N) is 1. The first-order valence-electron chi connectivity index (χ1n) is 9.81. The molecule has 0 atom stereocenters. The number of anilines is 1. The second-order valence-electron chi connectivity index (χ2n) is 7.24. The minimum absolute atomic E-state index is 0.0509. The van der Waals surface area contributed by atoms with Crippen LogP contribution in [0.15, 0.2) is 53.4 Å². The van der Waals surface area contributed by atoms with Crippen molar-refractivity contribution in [3.8, 4) is 0 Å². The molecule has 0 radical (unpaired) electrons. The van der Waals surface area contributed by atoms with Gasteiger partial charge in [-0.1, -0.05) is 30.3 Å². The maximum Gasteiger partial charge on any atom is 0.340 e. The van der Waals surface area contributed by atoms with Gasteiger partial charge >= 0.3 is 5.97 Å². The third-order valence-electron chi connectivity index (χ3n) is 5.11. The van der Waals surface area contributed by atoms with Crippen molar-refractivity contribution in [2.75, 3.05) is 44.7 Å². The summed E-state index contributed by atoms with van der Waals surface area (Å²) in [5.41, 5.74) is 1.76. The molecule has 0 saturated carbocycles. The van der Waals surface area contributed by atoms with Crippen molar-refractivity contribution in [2.24, 2.45) is 5.14 Å². The summed E-state index contributed by atoms with van der Waals surface area (Å²) in [6.45, 7) is 3.16. The quantitative estimate of drug-likeness (QED) is 0.596. The number of methoxy groups -OCH3 is 1. The molecule has 1 aliphatic heterocycles. The topological polar surface area (TPSA) is 122 Å². The molecule has 1 aliphatic rings. The molecule has 0 spiro atoms. The molecule has 1 fully saturated rings. The summed E-state index contributed by atoms with van der Waals surface area (Å²) < 4.78 is 28.1. The van der Waals surface area contributed by atoms with E-state index in [2.05, 4.69) is 5.32 Å². The van der Waals surface area contributed by atoms with Gasteiger partial charge in [0.1, 0.15) is 0 Å². The highest BCUT2D eigenvalue weighted by atomic mass is 32.2. The van der Waals surface area contributed by atoms with Gasteiger partial charge in [-0.2, -0.15) is 0 Å². The Morgan fingerprint density at radius 2 is 1.74 bits per heavy atom. The zero-order valence-electron chi connectivity index (χ0n) is 17.3. The van der Waals surface area contributed by atoms with Crippen LogP contribution in [-0.2, 0) is 26.1 Å². The lowest BCUT2D eigenvalue weighted by Gasteiger charge is -2.36. The molecule has 3 N–H and O–H groups in total. The van der Waals surface area contributed by atoms with Crippen LogP contribution in [0, 0.1) is 0 Å². The number of carbonyl (C=O) groups excluding carboxylic acids is 2. The SMILES string of the molecule is COC(=O)c1cc(S(N)(=O)=O)ccc1N1CCN(CC(=O)NCc2ccccc2)CC1. The summed E-state index contributed by atoms with van der Waals surface area (Å²) in [7, 11) is -2.70. The van der Waals surface area contributed by atoms with Gasteiger partial charge in [-0.15, -0.1) is 0 Å². The molecule has 10 heteroatoms. The second kappa shape index (κ2) is 9.90. The van der Waals surface area contributed by atoms with E-state index in [1.54, 1.807) is 6.07 Å². The number of primary sulfonamides is 1. The summed E-state index contributed by atoms with van der Waals surface area (Å²) in [6.07, 6.45) is 0. The predicted octanol–water partition coefficient (Wildman–Crippen LogP) is 0.559. The standard InChI is InChI=1S/C21H26N4O5S/c1-30-21(27)18-13-17(31(22,28)29)7-8-19(18)25-11-9-24(10-12-25)15-20(26)23-14-16-5-3-2-4-6-16/h2-8,13H,9-12,14-15H2,1H3,(H,23,26)(H2,22,28,29). The fourth-order valence-electron chi connectivity index (χ4n) is 3.44. The van der Waals surface area contributed by atoms with E-state index in [9.17, 15) is 18.0 Å². The number of amides is 1. The van der Waals surface area contributed by atoms with E-state index in [1.807, 2.05) is 40.1 Å². The lowest BCUT2D eigenvalue weighted by atomic mass is 10.1. The number of rotatable bonds is 7. The number of piperazine rings is 1. The minimum Gasteiger partial charge on any atom is -0.465 e. The third kappa shape index (κ3) is 6.03. The first-order valence-corrected chi connectivity index (χ1v) is 11.4. The molecule has 2 aromatic carbocycles. The molecule has 3 rings (SSSR count).